The predicted molar refractivity (Wildman–Crippen MR) is 87.4 cm³/mol. The summed E-state index contributed by atoms with van der Waals surface area (Å²) >= 11 is 0. The molecule has 1 aromatic carbocycles. The summed E-state index contributed by atoms with van der Waals surface area (Å²) in [5, 5.41) is 10.2. The highest BCUT2D eigenvalue weighted by Crippen LogP contribution is 2.29. The summed E-state index contributed by atoms with van der Waals surface area (Å²) in [5.74, 6) is -0.106. The second kappa shape index (κ2) is 6.87. The van der Waals surface area contributed by atoms with Gasteiger partial charge in [-0.25, -0.2) is 4.68 Å². The first-order valence-corrected chi connectivity index (χ1v) is 8.09. The summed E-state index contributed by atoms with van der Waals surface area (Å²) in [6, 6.07) is 5.00. The molecular weight excluding hydrogens is 333 g/mol. The van der Waals surface area contributed by atoms with E-state index in [0.717, 1.165) is 31.5 Å². The maximum Gasteiger partial charge on any atom is 0.416 e. The van der Waals surface area contributed by atoms with Crippen LogP contribution < -0.4 is 10.6 Å². The number of benzene rings is 1. The second-order valence-electron chi connectivity index (χ2n) is 6.28. The summed E-state index contributed by atoms with van der Waals surface area (Å²) in [4.78, 5) is 12.3. The van der Waals surface area contributed by atoms with E-state index in [0.29, 0.717) is 17.4 Å². The molecule has 1 fully saturated rings. The van der Waals surface area contributed by atoms with Gasteiger partial charge in [-0.15, -0.1) is 0 Å². The average Bonchev–Trinajstić information content (AvgIpc) is 3.02. The lowest BCUT2D eigenvalue weighted by Crippen LogP contribution is -2.40. The van der Waals surface area contributed by atoms with Gasteiger partial charge >= 0.3 is 6.18 Å². The van der Waals surface area contributed by atoms with Crippen molar-refractivity contribution in [2.75, 3.05) is 11.9 Å². The molecule has 2 N–H and O–H groups in total. The number of nitrogens with zero attached hydrogens (tertiary/aromatic N) is 2. The van der Waals surface area contributed by atoms with Crippen molar-refractivity contribution in [1.82, 2.24) is 15.1 Å². The first-order valence-electron chi connectivity index (χ1n) is 8.09. The number of carbonyl (C=O) groups excluding carboxylic acids is 1. The van der Waals surface area contributed by atoms with Gasteiger partial charge < -0.3 is 10.6 Å². The molecule has 5 nitrogen and oxygen atoms in total. The number of rotatable bonds is 3. The first kappa shape index (κ1) is 17.5. The molecule has 0 radical (unpaired) electrons. The molecule has 2 heterocycles. The predicted octanol–water partition coefficient (Wildman–Crippen LogP) is 3.22. The molecule has 1 aromatic heterocycles. The lowest BCUT2D eigenvalue weighted by molar-refractivity contribution is -0.137. The van der Waals surface area contributed by atoms with Gasteiger partial charge in [0.25, 0.3) is 0 Å². The van der Waals surface area contributed by atoms with Crippen molar-refractivity contribution in [2.45, 2.75) is 32.0 Å². The van der Waals surface area contributed by atoms with Gasteiger partial charge in [0.1, 0.15) is 0 Å². The van der Waals surface area contributed by atoms with E-state index < -0.39 is 11.7 Å². The van der Waals surface area contributed by atoms with Crippen LogP contribution in [0.4, 0.5) is 18.9 Å². The third-order valence-corrected chi connectivity index (χ3v) is 4.30. The maximum absolute atomic E-state index is 12.6. The van der Waals surface area contributed by atoms with Gasteiger partial charge in [0.05, 0.1) is 29.3 Å². The number of piperidine rings is 1. The van der Waals surface area contributed by atoms with Gasteiger partial charge in [-0.05, 0) is 50.6 Å². The van der Waals surface area contributed by atoms with Crippen molar-refractivity contribution < 1.29 is 18.0 Å². The van der Waals surface area contributed by atoms with E-state index in [1.54, 1.807) is 6.20 Å². The van der Waals surface area contributed by atoms with Crippen LogP contribution in [0.15, 0.2) is 36.7 Å². The highest BCUT2D eigenvalue weighted by Gasteiger charge is 2.30. The van der Waals surface area contributed by atoms with Gasteiger partial charge in [0.15, 0.2) is 0 Å². The average molecular weight is 352 g/mol. The van der Waals surface area contributed by atoms with Crippen LogP contribution in [-0.2, 0) is 11.0 Å². The molecular formula is C17H19F3N4O. The summed E-state index contributed by atoms with van der Waals surface area (Å²) < 4.78 is 39.2. The van der Waals surface area contributed by atoms with E-state index in [1.165, 1.54) is 23.0 Å². The molecule has 134 valence electrons. The zero-order valence-corrected chi connectivity index (χ0v) is 13.7. The lowest BCUT2D eigenvalue weighted by Gasteiger charge is -2.26. The molecule has 0 bridgehead atoms. The van der Waals surface area contributed by atoms with Crippen molar-refractivity contribution in [2.24, 2.45) is 5.92 Å². The Kier molecular flexibility index (Phi) is 4.80. The Balaban J connectivity index is 1.67. The molecule has 1 amide bonds. The van der Waals surface area contributed by atoms with Crippen LogP contribution in [0.2, 0.25) is 0 Å². The Morgan fingerprint density at radius 3 is 2.68 bits per heavy atom. The first-order chi connectivity index (χ1) is 11.8. The number of nitrogens with one attached hydrogen (secondary N) is 2. The molecule has 0 saturated carbocycles. The molecule has 0 aliphatic carbocycles. The number of alkyl halides is 3. The van der Waals surface area contributed by atoms with Crippen molar-refractivity contribution in [3.8, 4) is 5.69 Å². The minimum absolute atomic E-state index is 0.0503. The van der Waals surface area contributed by atoms with Crippen LogP contribution in [0.5, 0.6) is 0 Å². The topological polar surface area (TPSA) is 59.0 Å². The smallest absolute Gasteiger partial charge is 0.323 e. The normalized spacial score (nSPS) is 21.1. The summed E-state index contributed by atoms with van der Waals surface area (Å²) in [5.41, 5.74) is 0.303. The Hall–Kier alpha value is -2.35. The Bertz CT molecular complexity index is 739. The summed E-state index contributed by atoms with van der Waals surface area (Å²) in [6.45, 7) is 2.85. The maximum atomic E-state index is 12.6. The van der Waals surface area contributed by atoms with Gasteiger partial charge in [0.2, 0.25) is 5.91 Å². The third kappa shape index (κ3) is 4.19. The highest BCUT2D eigenvalue weighted by molar-refractivity contribution is 5.92. The largest absolute Gasteiger partial charge is 0.416 e. The standard InChI is InChI=1S/C17H19F3N4O/c1-11-8-12(6-7-21-11)16(25)23-14-9-22-24(10-14)15-4-2-13(3-5-15)17(18,19)20/h2-5,9-12,21H,6-8H2,1H3,(H,23,25)/t11-,12-/m0/s1. The molecule has 3 rings (SSSR count). The quantitative estimate of drug-likeness (QED) is 0.892. The highest BCUT2D eigenvalue weighted by atomic mass is 19.4. The van der Waals surface area contributed by atoms with Crippen molar-refractivity contribution in [3.05, 3.63) is 42.2 Å². The van der Waals surface area contributed by atoms with Crippen LogP contribution in [0.3, 0.4) is 0 Å². The zero-order chi connectivity index (χ0) is 18.0. The zero-order valence-electron chi connectivity index (χ0n) is 13.7. The van der Waals surface area contributed by atoms with E-state index in [1.807, 2.05) is 6.92 Å². The summed E-state index contributed by atoms with van der Waals surface area (Å²) in [7, 11) is 0. The second-order valence-corrected chi connectivity index (χ2v) is 6.28. The van der Waals surface area contributed by atoms with Gasteiger partial charge in [-0.1, -0.05) is 0 Å². The van der Waals surface area contributed by atoms with Gasteiger partial charge in [0, 0.05) is 12.0 Å². The van der Waals surface area contributed by atoms with Gasteiger partial charge in [-0.2, -0.15) is 18.3 Å². The number of amides is 1. The molecule has 2 atom stereocenters. The lowest BCUT2D eigenvalue weighted by atomic mass is 9.92. The van der Waals surface area contributed by atoms with E-state index in [2.05, 4.69) is 15.7 Å². The molecule has 1 aliphatic heterocycles. The van der Waals surface area contributed by atoms with E-state index in [4.69, 9.17) is 0 Å². The SMILES string of the molecule is C[C@H]1C[C@@H](C(=O)Nc2cnn(-c3ccc(C(F)(F)F)cc3)c2)CCN1. The number of anilines is 1. The number of hydrogen-bond donors (Lipinski definition) is 2. The van der Waals surface area contributed by atoms with Crippen LogP contribution in [0.25, 0.3) is 5.69 Å². The Morgan fingerprint density at radius 2 is 2.04 bits per heavy atom. The number of carbonyl (C=O) groups is 1. The number of halogens is 3. The van der Waals surface area contributed by atoms with Crippen LogP contribution >= 0.6 is 0 Å². The molecule has 1 aliphatic rings. The monoisotopic (exact) mass is 352 g/mol. The van der Waals surface area contributed by atoms with Crippen molar-refractivity contribution >= 4 is 11.6 Å². The van der Waals surface area contributed by atoms with E-state index in [9.17, 15) is 18.0 Å². The van der Waals surface area contributed by atoms with Gasteiger partial charge in [-0.3, -0.25) is 4.79 Å². The van der Waals surface area contributed by atoms with Crippen molar-refractivity contribution in [3.63, 3.8) is 0 Å². The number of hydrogen-bond acceptors (Lipinski definition) is 3. The van der Waals surface area contributed by atoms with Crippen LogP contribution in [0, 0.1) is 5.92 Å². The number of aromatic nitrogens is 2. The fourth-order valence-corrected chi connectivity index (χ4v) is 2.95. The molecule has 0 unspecified atom stereocenters. The fourth-order valence-electron chi connectivity index (χ4n) is 2.95. The molecule has 0 spiro atoms. The minimum Gasteiger partial charge on any atom is -0.323 e. The van der Waals surface area contributed by atoms with E-state index >= 15 is 0 Å². The molecule has 8 heteroatoms. The molecule has 25 heavy (non-hydrogen) atoms. The minimum atomic E-state index is -4.37. The Morgan fingerprint density at radius 1 is 1.32 bits per heavy atom. The molecule has 2 aromatic rings. The van der Waals surface area contributed by atoms with Crippen LogP contribution in [0.1, 0.15) is 25.3 Å². The van der Waals surface area contributed by atoms with Crippen molar-refractivity contribution in [1.29, 1.82) is 0 Å². The van der Waals surface area contributed by atoms with E-state index in [-0.39, 0.29) is 11.8 Å². The summed E-state index contributed by atoms with van der Waals surface area (Å²) in [6.07, 6.45) is 0.265. The third-order valence-electron chi connectivity index (χ3n) is 4.30. The fraction of sp³-hybridized carbons (Fsp3) is 0.412. The molecule has 1 saturated heterocycles. The Labute approximate surface area is 143 Å². The van der Waals surface area contributed by atoms with Crippen LogP contribution in [-0.4, -0.2) is 28.3 Å².